The minimum absolute atomic E-state index is 0.800. The molecule has 0 N–H and O–H groups in total. The van der Waals surface area contributed by atoms with Crippen LogP contribution in [0.4, 0.5) is 0 Å². The molecule has 0 saturated heterocycles. The predicted molar refractivity (Wildman–Crippen MR) is 74.3 cm³/mol. The van der Waals surface area contributed by atoms with Crippen LogP contribution in [-0.4, -0.2) is 0 Å². The van der Waals surface area contributed by atoms with Gasteiger partial charge in [0.05, 0.1) is 0 Å². The molecular formula is C15H11BrO. The molecule has 2 aromatic carbocycles. The molecule has 0 aliphatic heterocycles. The number of furan rings is 1. The van der Waals surface area contributed by atoms with Crippen LogP contribution >= 0.6 is 15.9 Å². The molecule has 0 radical (unpaired) electrons. The van der Waals surface area contributed by atoms with Crippen molar-refractivity contribution < 1.29 is 4.42 Å². The van der Waals surface area contributed by atoms with Crippen molar-refractivity contribution in [1.82, 2.24) is 0 Å². The SMILES string of the molecule is BrCc1c(-c2ccccc2)oc2ccccc12. The first-order valence-electron chi connectivity index (χ1n) is 5.52. The van der Waals surface area contributed by atoms with Crippen molar-refractivity contribution in [2.45, 2.75) is 5.33 Å². The number of hydrogen-bond donors (Lipinski definition) is 0. The molecule has 17 heavy (non-hydrogen) atoms. The molecule has 3 aromatic rings. The third-order valence-corrected chi connectivity index (χ3v) is 3.43. The molecule has 0 atom stereocenters. The smallest absolute Gasteiger partial charge is 0.139 e. The third-order valence-electron chi connectivity index (χ3n) is 2.87. The van der Waals surface area contributed by atoms with Crippen LogP contribution in [0.2, 0.25) is 0 Å². The van der Waals surface area contributed by atoms with Crippen molar-refractivity contribution in [1.29, 1.82) is 0 Å². The third kappa shape index (κ3) is 1.79. The van der Waals surface area contributed by atoms with Gasteiger partial charge in [0, 0.05) is 21.8 Å². The number of hydrogen-bond acceptors (Lipinski definition) is 1. The molecule has 0 fully saturated rings. The van der Waals surface area contributed by atoms with Crippen LogP contribution in [0.1, 0.15) is 5.56 Å². The molecule has 2 heteroatoms. The Kier molecular flexibility index (Phi) is 2.73. The maximum absolute atomic E-state index is 5.95. The fourth-order valence-corrected chi connectivity index (χ4v) is 2.61. The van der Waals surface area contributed by atoms with Crippen LogP contribution in [0.15, 0.2) is 59.0 Å². The highest BCUT2D eigenvalue weighted by molar-refractivity contribution is 9.08. The van der Waals surface area contributed by atoms with Crippen molar-refractivity contribution in [3.05, 3.63) is 60.2 Å². The molecule has 0 saturated carbocycles. The molecule has 1 aromatic heterocycles. The Bertz CT molecular complexity index is 640. The van der Waals surface area contributed by atoms with E-state index < -0.39 is 0 Å². The molecule has 0 unspecified atom stereocenters. The highest BCUT2D eigenvalue weighted by Crippen LogP contribution is 2.34. The summed E-state index contributed by atoms with van der Waals surface area (Å²) in [5, 5.41) is 1.98. The average molecular weight is 287 g/mol. The Balaban J connectivity index is 2.30. The monoisotopic (exact) mass is 286 g/mol. The van der Waals surface area contributed by atoms with E-state index in [0.717, 1.165) is 22.2 Å². The molecule has 0 bridgehead atoms. The number of fused-ring (bicyclic) bond motifs is 1. The van der Waals surface area contributed by atoms with Gasteiger partial charge < -0.3 is 4.42 Å². The topological polar surface area (TPSA) is 13.1 Å². The fourth-order valence-electron chi connectivity index (χ4n) is 2.05. The quantitative estimate of drug-likeness (QED) is 0.605. The summed E-state index contributed by atoms with van der Waals surface area (Å²) in [5.41, 5.74) is 3.28. The molecule has 0 spiro atoms. The Labute approximate surface area is 108 Å². The van der Waals surface area contributed by atoms with Gasteiger partial charge in [-0.15, -0.1) is 0 Å². The van der Waals surface area contributed by atoms with Crippen molar-refractivity contribution in [3.63, 3.8) is 0 Å². The first-order valence-corrected chi connectivity index (χ1v) is 6.64. The lowest BCUT2D eigenvalue weighted by Crippen LogP contribution is -1.80. The number of rotatable bonds is 2. The van der Waals surface area contributed by atoms with Gasteiger partial charge in [0.2, 0.25) is 0 Å². The van der Waals surface area contributed by atoms with E-state index in [4.69, 9.17) is 4.42 Å². The van der Waals surface area contributed by atoms with Gasteiger partial charge in [-0.25, -0.2) is 0 Å². The van der Waals surface area contributed by atoms with Gasteiger partial charge in [-0.05, 0) is 6.07 Å². The first-order chi connectivity index (χ1) is 8.40. The van der Waals surface area contributed by atoms with Gasteiger partial charge in [0.1, 0.15) is 11.3 Å². The van der Waals surface area contributed by atoms with E-state index in [9.17, 15) is 0 Å². The van der Waals surface area contributed by atoms with Gasteiger partial charge in [0.25, 0.3) is 0 Å². The van der Waals surface area contributed by atoms with E-state index in [1.807, 2.05) is 36.4 Å². The van der Waals surface area contributed by atoms with Crippen LogP contribution in [0.3, 0.4) is 0 Å². The summed E-state index contributed by atoms with van der Waals surface area (Å²) in [7, 11) is 0. The maximum Gasteiger partial charge on any atom is 0.139 e. The van der Waals surface area contributed by atoms with E-state index in [2.05, 4.69) is 34.1 Å². The molecular weight excluding hydrogens is 276 g/mol. The summed E-state index contributed by atoms with van der Waals surface area (Å²) >= 11 is 3.55. The van der Waals surface area contributed by atoms with Crippen LogP contribution < -0.4 is 0 Å². The lowest BCUT2D eigenvalue weighted by atomic mass is 10.1. The summed E-state index contributed by atoms with van der Waals surface area (Å²) in [6, 6.07) is 18.4. The Morgan fingerprint density at radius 1 is 0.882 bits per heavy atom. The van der Waals surface area contributed by atoms with Crippen LogP contribution in [-0.2, 0) is 5.33 Å². The molecule has 0 amide bonds. The van der Waals surface area contributed by atoms with Gasteiger partial charge in [-0.3, -0.25) is 0 Å². The zero-order valence-electron chi connectivity index (χ0n) is 9.19. The zero-order valence-corrected chi connectivity index (χ0v) is 10.8. The molecule has 3 rings (SSSR count). The number of halogens is 1. The van der Waals surface area contributed by atoms with E-state index in [0.29, 0.717) is 0 Å². The Morgan fingerprint density at radius 2 is 1.59 bits per heavy atom. The van der Waals surface area contributed by atoms with Gasteiger partial charge in [0.15, 0.2) is 0 Å². The first kappa shape index (κ1) is 10.6. The van der Waals surface area contributed by atoms with E-state index in [1.165, 1.54) is 10.9 Å². The minimum atomic E-state index is 0.800. The van der Waals surface area contributed by atoms with E-state index in [1.54, 1.807) is 0 Å². The zero-order chi connectivity index (χ0) is 11.7. The highest BCUT2D eigenvalue weighted by Gasteiger charge is 2.13. The normalized spacial score (nSPS) is 10.9. The van der Waals surface area contributed by atoms with Gasteiger partial charge in [-0.2, -0.15) is 0 Å². The summed E-state index contributed by atoms with van der Waals surface area (Å²) in [6.07, 6.45) is 0. The Morgan fingerprint density at radius 3 is 2.35 bits per heavy atom. The van der Waals surface area contributed by atoms with Gasteiger partial charge in [-0.1, -0.05) is 64.5 Å². The van der Waals surface area contributed by atoms with Crippen molar-refractivity contribution in [3.8, 4) is 11.3 Å². The largest absolute Gasteiger partial charge is 0.456 e. The van der Waals surface area contributed by atoms with E-state index in [-0.39, 0.29) is 0 Å². The molecule has 0 aliphatic carbocycles. The fraction of sp³-hybridized carbons (Fsp3) is 0.0667. The van der Waals surface area contributed by atoms with Crippen LogP contribution in [0, 0.1) is 0 Å². The Hall–Kier alpha value is -1.54. The summed E-state index contributed by atoms with van der Waals surface area (Å²) in [6.45, 7) is 0. The number of para-hydroxylation sites is 1. The van der Waals surface area contributed by atoms with E-state index >= 15 is 0 Å². The second-order valence-corrected chi connectivity index (χ2v) is 4.47. The van der Waals surface area contributed by atoms with Crippen molar-refractivity contribution >= 4 is 26.9 Å². The molecule has 1 heterocycles. The van der Waals surface area contributed by atoms with Crippen molar-refractivity contribution in [2.24, 2.45) is 0 Å². The average Bonchev–Trinajstić information content (AvgIpc) is 2.78. The minimum Gasteiger partial charge on any atom is -0.456 e. The second kappa shape index (κ2) is 4.38. The lowest BCUT2D eigenvalue weighted by molar-refractivity contribution is 0.629. The summed E-state index contributed by atoms with van der Waals surface area (Å²) < 4.78 is 5.95. The summed E-state index contributed by atoms with van der Waals surface area (Å²) in [4.78, 5) is 0. The van der Waals surface area contributed by atoms with Crippen molar-refractivity contribution in [2.75, 3.05) is 0 Å². The number of alkyl halides is 1. The molecule has 0 aliphatic rings. The van der Waals surface area contributed by atoms with Gasteiger partial charge >= 0.3 is 0 Å². The predicted octanol–water partition coefficient (Wildman–Crippen LogP) is 4.99. The van der Waals surface area contributed by atoms with Crippen LogP contribution in [0.5, 0.6) is 0 Å². The molecule has 1 nitrogen and oxygen atoms in total. The van der Waals surface area contributed by atoms with Crippen LogP contribution in [0.25, 0.3) is 22.3 Å². The standard InChI is InChI=1S/C15H11BrO/c16-10-13-12-8-4-5-9-14(12)17-15(13)11-6-2-1-3-7-11/h1-9H,10H2. The second-order valence-electron chi connectivity index (χ2n) is 3.91. The highest BCUT2D eigenvalue weighted by atomic mass is 79.9. The summed E-state index contributed by atoms with van der Waals surface area (Å²) in [5.74, 6) is 0.962. The molecule has 84 valence electrons. The maximum atomic E-state index is 5.95. The lowest BCUT2D eigenvalue weighted by Gasteiger charge is -1.99. The number of benzene rings is 2.